The van der Waals surface area contributed by atoms with E-state index >= 15 is 0 Å². The number of anilines is 1. The molecule has 0 aliphatic carbocycles. The van der Waals surface area contributed by atoms with Crippen LogP contribution in [0.4, 0.5) is 14.5 Å². The Morgan fingerprint density at radius 1 is 0.964 bits per heavy atom. The van der Waals surface area contributed by atoms with Crippen LogP contribution in [0.1, 0.15) is 5.56 Å². The number of fused-ring (bicyclic) bond motifs is 1. The van der Waals surface area contributed by atoms with E-state index < -0.39 is 21.7 Å². The fourth-order valence-corrected chi connectivity index (χ4v) is 4.24. The van der Waals surface area contributed by atoms with Crippen molar-refractivity contribution < 1.29 is 17.2 Å². The molecule has 0 N–H and O–H groups in total. The minimum atomic E-state index is -4.08. The third-order valence-electron chi connectivity index (χ3n) is 4.24. The second kappa shape index (κ2) is 7.01. The van der Waals surface area contributed by atoms with Crippen LogP contribution >= 0.6 is 0 Å². The number of pyridine rings is 1. The summed E-state index contributed by atoms with van der Waals surface area (Å²) in [6.07, 6.45) is 2.76. The van der Waals surface area contributed by atoms with Crippen LogP contribution in [0, 0.1) is 11.6 Å². The fraction of sp³-hybridized carbons (Fsp3) is 0.0526. The Balaban J connectivity index is 1.83. The van der Waals surface area contributed by atoms with Crippen LogP contribution in [0.5, 0.6) is 0 Å². The largest absolute Gasteiger partial charge is 0.288 e. The van der Waals surface area contributed by atoms with Crippen molar-refractivity contribution in [2.45, 2.75) is 11.4 Å². The zero-order chi connectivity index (χ0) is 19.7. The lowest BCUT2D eigenvalue weighted by atomic mass is 10.2. The summed E-state index contributed by atoms with van der Waals surface area (Å²) in [4.78, 5) is -0.0273. The molecular weight excluding hydrogens is 386 g/mol. The summed E-state index contributed by atoms with van der Waals surface area (Å²) in [6.45, 7) is -0.249. The molecule has 4 aromatic rings. The maximum absolute atomic E-state index is 14.2. The Bertz CT molecular complexity index is 1240. The normalized spacial score (nSPS) is 11.6. The summed E-state index contributed by atoms with van der Waals surface area (Å²) < 4.78 is 56.8. The van der Waals surface area contributed by atoms with Gasteiger partial charge in [0.1, 0.15) is 22.9 Å². The lowest BCUT2D eigenvalue weighted by molar-refractivity contribution is 0.584. The summed E-state index contributed by atoms with van der Waals surface area (Å²) >= 11 is 0. The third kappa shape index (κ3) is 3.31. The zero-order valence-corrected chi connectivity index (χ0v) is 15.2. The van der Waals surface area contributed by atoms with Crippen LogP contribution in [0.3, 0.4) is 0 Å². The van der Waals surface area contributed by atoms with Crippen molar-refractivity contribution in [2.24, 2.45) is 0 Å². The molecule has 142 valence electrons. The van der Waals surface area contributed by atoms with Gasteiger partial charge in [0, 0.05) is 11.8 Å². The van der Waals surface area contributed by atoms with Gasteiger partial charge in [-0.15, -0.1) is 10.2 Å². The quantitative estimate of drug-likeness (QED) is 0.515. The highest BCUT2D eigenvalue weighted by atomic mass is 32.2. The predicted molar refractivity (Wildman–Crippen MR) is 99.2 cm³/mol. The van der Waals surface area contributed by atoms with Crippen LogP contribution in [0.15, 0.2) is 78.1 Å². The first-order valence-corrected chi connectivity index (χ1v) is 9.70. The topological polar surface area (TPSA) is 67.6 Å². The van der Waals surface area contributed by atoms with E-state index in [-0.39, 0.29) is 22.7 Å². The van der Waals surface area contributed by atoms with Gasteiger partial charge in [-0.25, -0.2) is 17.2 Å². The molecule has 2 aromatic carbocycles. The number of hydrogen-bond donors (Lipinski definition) is 0. The SMILES string of the molecule is O=S(=O)(c1ccc2nncn2c1)N(Cc1ccccc1F)c1ccc(F)cc1. The van der Waals surface area contributed by atoms with Crippen molar-refractivity contribution in [1.29, 1.82) is 0 Å². The van der Waals surface area contributed by atoms with Crippen molar-refractivity contribution >= 4 is 21.4 Å². The summed E-state index contributed by atoms with van der Waals surface area (Å²) in [5.74, 6) is -1.03. The van der Waals surface area contributed by atoms with Crippen molar-refractivity contribution in [3.63, 3.8) is 0 Å². The van der Waals surface area contributed by atoms with Gasteiger partial charge < -0.3 is 0 Å². The van der Waals surface area contributed by atoms with Crippen LogP contribution < -0.4 is 4.31 Å². The molecule has 0 fully saturated rings. The third-order valence-corrected chi connectivity index (χ3v) is 6.00. The first-order valence-electron chi connectivity index (χ1n) is 8.26. The van der Waals surface area contributed by atoms with Gasteiger partial charge in [0.25, 0.3) is 10.0 Å². The molecule has 0 unspecified atom stereocenters. The van der Waals surface area contributed by atoms with E-state index in [0.717, 1.165) is 16.4 Å². The molecule has 4 rings (SSSR count). The minimum absolute atomic E-state index is 0.0273. The van der Waals surface area contributed by atoms with Crippen molar-refractivity contribution in [2.75, 3.05) is 4.31 Å². The molecule has 6 nitrogen and oxygen atoms in total. The van der Waals surface area contributed by atoms with Gasteiger partial charge in [0.15, 0.2) is 5.65 Å². The smallest absolute Gasteiger partial charge is 0.266 e. The fourth-order valence-electron chi connectivity index (χ4n) is 2.79. The van der Waals surface area contributed by atoms with Gasteiger partial charge in [-0.1, -0.05) is 18.2 Å². The molecule has 0 radical (unpaired) electrons. The monoisotopic (exact) mass is 400 g/mol. The van der Waals surface area contributed by atoms with E-state index in [1.807, 2.05) is 0 Å². The first kappa shape index (κ1) is 18.1. The number of benzene rings is 2. The summed E-state index contributed by atoms with van der Waals surface area (Å²) in [5, 5.41) is 7.58. The molecule has 0 amide bonds. The average Bonchev–Trinajstić information content (AvgIpc) is 3.16. The maximum atomic E-state index is 14.2. The first-order chi connectivity index (χ1) is 13.4. The van der Waals surface area contributed by atoms with Gasteiger partial charge in [-0.3, -0.25) is 8.71 Å². The molecular formula is C19H14F2N4O2S. The van der Waals surface area contributed by atoms with E-state index in [4.69, 9.17) is 0 Å². The summed E-state index contributed by atoms with van der Waals surface area (Å²) in [5.41, 5.74) is 0.899. The van der Waals surface area contributed by atoms with Crippen molar-refractivity contribution in [3.05, 3.63) is 90.4 Å². The summed E-state index contributed by atoms with van der Waals surface area (Å²) in [6, 6.07) is 13.8. The summed E-state index contributed by atoms with van der Waals surface area (Å²) in [7, 11) is -4.08. The van der Waals surface area contributed by atoms with E-state index in [1.54, 1.807) is 6.07 Å². The van der Waals surface area contributed by atoms with E-state index in [2.05, 4.69) is 10.2 Å². The Morgan fingerprint density at radius 2 is 1.71 bits per heavy atom. The van der Waals surface area contributed by atoms with Crippen LogP contribution in [0.25, 0.3) is 5.65 Å². The second-order valence-corrected chi connectivity index (χ2v) is 7.90. The van der Waals surface area contributed by atoms with Crippen LogP contribution in [0.2, 0.25) is 0 Å². The highest BCUT2D eigenvalue weighted by Crippen LogP contribution is 2.27. The molecule has 0 saturated heterocycles. The van der Waals surface area contributed by atoms with E-state index in [0.29, 0.717) is 5.65 Å². The molecule has 28 heavy (non-hydrogen) atoms. The number of halogens is 2. The van der Waals surface area contributed by atoms with Crippen LogP contribution in [-0.2, 0) is 16.6 Å². The number of hydrogen-bond acceptors (Lipinski definition) is 4. The van der Waals surface area contributed by atoms with Crippen LogP contribution in [-0.4, -0.2) is 23.0 Å². The lowest BCUT2D eigenvalue weighted by Crippen LogP contribution is -2.31. The van der Waals surface area contributed by atoms with Gasteiger partial charge in [0.05, 0.1) is 12.2 Å². The van der Waals surface area contributed by atoms with Crippen molar-refractivity contribution in [3.8, 4) is 0 Å². The second-order valence-electron chi connectivity index (χ2n) is 6.04. The van der Waals surface area contributed by atoms with Gasteiger partial charge >= 0.3 is 0 Å². The highest BCUT2D eigenvalue weighted by Gasteiger charge is 2.27. The predicted octanol–water partition coefficient (Wildman–Crippen LogP) is 3.40. The number of rotatable bonds is 5. The number of nitrogens with zero attached hydrogens (tertiary/aromatic N) is 4. The molecule has 2 heterocycles. The Labute approximate surface area is 159 Å². The van der Waals surface area contributed by atoms with Gasteiger partial charge in [-0.05, 0) is 42.5 Å². The highest BCUT2D eigenvalue weighted by molar-refractivity contribution is 7.92. The number of aromatic nitrogens is 3. The Morgan fingerprint density at radius 3 is 2.46 bits per heavy atom. The molecule has 0 aliphatic heterocycles. The zero-order valence-electron chi connectivity index (χ0n) is 14.4. The minimum Gasteiger partial charge on any atom is -0.288 e. The van der Waals surface area contributed by atoms with E-state index in [1.165, 1.54) is 59.4 Å². The molecule has 0 aliphatic rings. The maximum Gasteiger partial charge on any atom is 0.266 e. The Kier molecular flexibility index (Phi) is 4.52. The van der Waals surface area contributed by atoms with E-state index in [9.17, 15) is 17.2 Å². The Hall–Kier alpha value is -3.33. The van der Waals surface area contributed by atoms with Crippen molar-refractivity contribution in [1.82, 2.24) is 14.6 Å². The average molecular weight is 400 g/mol. The molecule has 0 atom stereocenters. The molecule has 0 spiro atoms. The molecule has 0 saturated carbocycles. The molecule has 0 bridgehead atoms. The standard InChI is InChI=1S/C19H14F2N4O2S/c20-15-5-7-16(8-6-15)25(11-14-3-1-2-4-18(14)21)28(26,27)17-9-10-19-23-22-13-24(19)12-17/h1-10,12-13H,11H2. The number of sulfonamides is 1. The molecule has 2 aromatic heterocycles. The molecule has 9 heteroatoms. The van der Waals surface area contributed by atoms with Gasteiger partial charge in [0.2, 0.25) is 0 Å². The van der Waals surface area contributed by atoms with Gasteiger partial charge in [-0.2, -0.15) is 0 Å². The lowest BCUT2D eigenvalue weighted by Gasteiger charge is -2.25.